The summed E-state index contributed by atoms with van der Waals surface area (Å²) in [6, 6.07) is 12.6. The molecule has 4 rings (SSSR count). The van der Waals surface area contributed by atoms with Crippen molar-refractivity contribution in [2.75, 3.05) is 24.6 Å². The number of fused-ring (bicyclic) bond motifs is 1. The average molecular weight is 399 g/mol. The van der Waals surface area contributed by atoms with Gasteiger partial charge in [0, 0.05) is 23.8 Å². The molecule has 0 N–H and O–H groups in total. The molecular formula is C22H23ClN2O3. The molecule has 1 atom stereocenters. The quantitative estimate of drug-likeness (QED) is 0.792. The number of benzene rings is 2. The summed E-state index contributed by atoms with van der Waals surface area (Å²) < 4.78 is 5.55. The molecule has 1 fully saturated rings. The van der Waals surface area contributed by atoms with Gasteiger partial charge in [0.1, 0.15) is 11.8 Å². The number of aryl methyl sites for hydroxylation is 2. The molecule has 0 radical (unpaired) electrons. The molecular weight excluding hydrogens is 376 g/mol. The van der Waals surface area contributed by atoms with Crippen LogP contribution in [0.25, 0.3) is 0 Å². The number of hydrogen-bond acceptors (Lipinski definition) is 3. The van der Waals surface area contributed by atoms with Crippen molar-refractivity contribution in [2.45, 2.75) is 32.2 Å². The van der Waals surface area contributed by atoms with Gasteiger partial charge in [-0.3, -0.25) is 9.59 Å². The van der Waals surface area contributed by atoms with Gasteiger partial charge in [-0.05, 0) is 73.7 Å². The van der Waals surface area contributed by atoms with Crippen molar-refractivity contribution in [3.63, 3.8) is 0 Å². The lowest BCUT2D eigenvalue weighted by Gasteiger charge is -2.39. The fourth-order valence-electron chi connectivity index (χ4n) is 3.95. The highest BCUT2D eigenvalue weighted by molar-refractivity contribution is 6.30. The minimum atomic E-state index is -0.511. The number of carbonyl (C=O) groups is 2. The Morgan fingerprint density at radius 3 is 2.64 bits per heavy atom. The lowest BCUT2D eigenvalue weighted by atomic mass is 10.1. The van der Waals surface area contributed by atoms with Crippen molar-refractivity contribution >= 4 is 29.1 Å². The third-order valence-corrected chi connectivity index (χ3v) is 5.80. The smallest absolute Gasteiger partial charge is 0.261 e. The van der Waals surface area contributed by atoms with Gasteiger partial charge in [0.15, 0.2) is 6.61 Å². The van der Waals surface area contributed by atoms with Crippen LogP contribution in [0.3, 0.4) is 0 Å². The van der Waals surface area contributed by atoms with Crippen LogP contribution in [0.4, 0.5) is 5.69 Å². The van der Waals surface area contributed by atoms with E-state index in [2.05, 4.69) is 12.1 Å². The Bertz CT molecular complexity index is 897. The first-order valence-electron chi connectivity index (χ1n) is 9.64. The van der Waals surface area contributed by atoms with Gasteiger partial charge in [0.05, 0.1) is 0 Å². The first kappa shape index (κ1) is 18.8. The fraction of sp³-hybridized carbons (Fsp3) is 0.364. The second-order valence-electron chi connectivity index (χ2n) is 7.30. The molecule has 0 aromatic heterocycles. The van der Waals surface area contributed by atoms with E-state index < -0.39 is 6.04 Å². The maximum Gasteiger partial charge on any atom is 0.261 e. The Morgan fingerprint density at radius 2 is 1.86 bits per heavy atom. The molecule has 1 heterocycles. The monoisotopic (exact) mass is 398 g/mol. The molecule has 1 aliphatic carbocycles. The van der Waals surface area contributed by atoms with Crippen molar-refractivity contribution < 1.29 is 14.3 Å². The third-order valence-electron chi connectivity index (χ3n) is 5.55. The van der Waals surface area contributed by atoms with Gasteiger partial charge in [-0.1, -0.05) is 17.7 Å². The van der Waals surface area contributed by atoms with E-state index in [4.69, 9.17) is 16.3 Å². The van der Waals surface area contributed by atoms with E-state index in [1.165, 1.54) is 17.5 Å². The highest BCUT2D eigenvalue weighted by Gasteiger charge is 2.35. The maximum absolute atomic E-state index is 12.9. The zero-order chi connectivity index (χ0) is 19.7. The summed E-state index contributed by atoms with van der Waals surface area (Å²) in [7, 11) is 0. The van der Waals surface area contributed by atoms with Crippen LogP contribution in [0.1, 0.15) is 24.5 Å². The third kappa shape index (κ3) is 3.72. The van der Waals surface area contributed by atoms with E-state index in [-0.39, 0.29) is 18.4 Å². The van der Waals surface area contributed by atoms with E-state index in [0.29, 0.717) is 23.9 Å². The van der Waals surface area contributed by atoms with E-state index >= 15 is 0 Å². The van der Waals surface area contributed by atoms with Crippen LogP contribution >= 0.6 is 11.6 Å². The van der Waals surface area contributed by atoms with Gasteiger partial charge in [0.2, 0.25) is 5.91 Å². The molecule has 6 heteroatoms. The molecule has 146 valence electrons. The lowest BCUT2D eigenvalue weighted by molar-refractivity contribution is -0.142. The minimum Gasteiger partial charge on any atom is -0.484 e. The standard InChI is InChI=1S/C22H23ClN2O3/c1-15-22(27)25(19-8-5-16-3-2-4-17(16)13-19)12-11-24(15)21(26)14-28-20-9-6-18(23)7-10-20/h5-10,13,15H,2-4,11-12,14H2,1H3. The number of halogens is 1. The minimum absolute atomic E-state index is 0.0518. The molecule has 2 aliphatic rings. The number of carbonyl (C=O) groups excluding carboxylic acids is 2. The van der Waals surface area contributed by atoms with Gasteiger partial charge >= 0.3 is 0 Å². The van der Waals surface area contributed by atoms with Gasteiger partial charge in [-0.15, -0.1) is 0 Å². The van der Waals surface area contributed by atoms with Crippen LogP contribution in [0, 0.1) is 0 Å². The second-order valence-corrected chi connectivity index (χ2v) is 7.74. The predicted molar refractivity (Wildman–Crippen MR) is 109 cm³/mol. The van der Waals surface area contributed by atoms with Crippen LogP contribution < -0.4 is 9.64 Å². The van der Waals surface area contributed by atoms with Gasteiger partial charge in [0.25, 0.3) is 5.91 Å². The predicted octanol–water partition coefficient (Wildman–Crippen LogP) is 3.47. The SMILES string of the molecule is CC1C(=O)N(c2ccc3c(c2)CCC3)CCN1C(=O)COc1ccc(Cl)cc1. The van der Waals surface area contributed by atoms with Gasteiger partial charge in [-0.25, -0.2) is 0 Å². The number of nitrogens with zero attached hydrogens (tertiary/aromatic N) is 2. The van der Waals surface area contributed by atoms with E-state index in [1.54, 1.807) is 41.0 Å². The molecule has 1 saturated heterocycles. The Morgan fingerprint density at radius 1 is 1.11 bits per heavy atom. The highest BCUT2D eigenvalue weighted by Crippen LogP contribution is 2.28. The molecule has 0 spiro atoms. The Balaban J connectivity index is 1.40. The summed E-state index contributed by atoms with van der Waals surface area (Å²) in [4.78, 5) is 28.9. The molecule has 0 saturated carbocycles. The molecule has 1 aliphatic heterocycles. The normalized spacial score (nSPS) is 18.9. The average Bonchev–Trinajstić information content (AvgIpc) is 3.17. The molecule has 1 unspecified atom stereocenters. The number of amides is 2. The van der Waals surface area contributed by atoms with E-state index in [9.17, 15) is 9.59 Å². The van der Waals surface area contributed by atoms with Crippen LogP contribution in [0.5, 0.6) is 5.75 Å². The molecule has 2 aromatic carbocycles. The molecule has 2 amide bonds. The van der Waals surface area contributed by atoms with Gasteiger partial charge < -0.3 is 14.5 Å². The maximum atomic E-state index is 12.9. The van der Waals surface area contributed by atoms with Crippen LogP contribution in [-0.2, 0) is 22.4 Å². The Hall–Kier alpha value is -2.53. The molecule has 2 aromatic rings. The molecule has 28 heavy (non-hydrogen) atoms. The van der Waals surface area contributed by atoms with Crippen LogP contribution in [-0.4, -0.2) is 42.5 Å². The number of rotatable bonds is 4. The zero-order valence-corrected chi connectivity index (χ0v) is 16.6. The summed E-state index contributed by atoms with van der Waals surface area (Å²) in [5, 5.41) is 0.612. The number of piperazine rings is 1. The summed E-state index contributed by atoms with van der Waals surface area (Å²) in [6.07, 6.45) is 3.38. The Labute approximate surface area is 169 Å². The van der Waals surface area contributed by atoms with Crippen molar-refractivity contribution in [3.8, 4) is 5.75 Å². The van der Waals surface area contributed by atoms with Crippen molar-refractivity contribution in [2.24, 2.45) is 0 Å². The summed E-state index contributed by atoms with van der Waals surface area (Å²) in [5.41, 5.74) is 3.66. The molecule has 0 bridgehead atoms. The first-order chi connectivity index (χ1) is 13.5. The van der Waals surface area contributed by atoms with Crippen molar-refractivity contribution in [1.29, 1.82) is 0 Å². The number of anilines is 1. The summed E-state index contributed by atoms with van der Waals surface area (Å²) >= 11 is 5.85. The molecule has 5 nitrogen and oxygen atoms in total. The Kier molecular flexibility index (Phi) is 5.27. The summed E-state index contributed by atoms with van der Waals surface area (Å²) in [5.74, 6) is 0.335. The number of ether oxygens (including phenoxy) is 1. The van der Waals surface area contributed by atoms with Crippen molar-refractivity contribution in [3.05, 3.63) is 58.6 Å². The topological polar surface area (TPSA) is 49.9 Å². The highest BCUT2D eigenvalue weighted by atomic mass is 35.5. The largest absolute Gasteiger partial charge is 0.484 e. The fourth-order valence-corrected chi connectivity index (χ4v) is 4.08. The zero-order valence-electron chi connectivity index (χ0n) is 15.9. The van der Waals surface area contributed by atoms with E-state index in [0.717, 1.165) is 18.5 Å². The van der Waals surface area contributed by atoms with Crippen LogP contribution in [0.2, 0.25) is 5.02 Å². The summed E-state index contributed by atoms with van der Waals surface area (Å²) in [6.45, 7) is 2.67. The first-order valence-corrected chi connectivity index (χ1v) is 10.0. The lowest BCUT2D eigenvalue weighted by Crippen LogP contribution is -2.58. The van der Waals surface area contributed by atoms with Crippen LogP contribution in [0.15, 0.2) is 42.5 Å². The number of hydrogen-bond donors (Lipinski definition) is 0. The van der Waals surface area contributed by atoms with Gasteiger partial charge in [-0.2, -0.15) is 0 Å². The van der Waals surface area contributed by atoms with Crippen molar-refractivity contribution in [1.82, 2.24) is 4.90 Å². The van der Waals surface area contributed by atoms with E-state index in [1.807, 2.05) is 6.07 Å². The second kappa shape index (κ2) is 7.84.